The van der Waals surface area contributed by atoms with Crippen molar-refractivity contribution in [2.24, 2.45) is 0 Å². The van der Waals surface area contributed by atoms with Gasteiger partial charge in [-0.25, -0.2) is 0 Å². The first-order valence-electron chi connectivity index (χ1n) is 6.86. The fourth-order valence-electron chi connectivity index (χ4n) is 2.19. The van der Waals surface area contributed by atoms with Crippen LogP contribution in [0.3, 0.4) is 0 Å². The molecule has 1 fully saturated rings. The molecule has 0 bridgehead atoms. The van der Waals surface area contributed by atoms with Crippen LogP contribution in [-0.4, -0.2) is 36.1 Å². The Balaban J connectivity index is 0.00000161. The monoisotopic (exact) mass is 306 g/mol. The highest BCUT2D eigenvalue weighted by atomic mass is 35.5. The molecule has 3 heterocycles. The van der Waals surface area contributed by atoms with Gasteiger partial charge in [0.2, 0.25) is 5.88 Å². The van der Waals surface area contributed by atoms with E-state index in [4.69, 9.17) is 4.74 Å². The van der Waals surface area contributed by atoms with Gasteiger partial charge in [0.15, 0.2) is 0 Å². The molecule has 0 aliphatic carbocycles. The Morgan fingerprint density at radius 1 is 1.10 bits per heavy atom. The van der Waals surface area contributed by atoms with E-state index in [-0.39, 0.29) is 12.4 Å². The molecule has 2 aromatic rings. The second-order valence-corrected chi connectivity index (χ2v) is 4.72. The number of pyridine rings is 2. The van der Waals surface area contributed by atoms with E-state index in [1.807, 2.05) is 30.3 Å². The van der Waals surface area contributed by atoms with Gasteiger partial charge in [-0.3, -0.25) is 4.98 Å². The molecule has 1 aliphatic rings. The molecule has 0 spiro atoms. The number of piperazine rings is 1. The van der Waals surface area contributed by atoms with E-state index < -0.39 is 0 Å². The van der Waals surface area contributed by atoms with Crippen LogP contribution in [0.25, 0.3) is 0 Å². The Hall–Kier alpha value is -1.85. The van der Waals surface area contributed by atoms with E-state index in [0.29, 0.717) is 12.5 Å². The average Bonchev–Trinajstić information content (AvgIpc) is 2.55. The van der Waals surface area contributed by atoms with Gasteiger partial charge >= 0.3 is 0 Å². The lowest BCUT2D eigenvalue weighted by Crippen LogP contribution is -2.43. The predicted molar refractivity (Wildman–Crippen MR) is 85.1 cm³/mol. The van der Waals surface area contributed by atoms with Crippen molar-refractivity contribution in [2.75, 3.05) is 31.1 Å². The molecular weight excluding hydrogens is 288 g/mol. The first kappa shape index (κ1) is 15.5. The lowest BCUT2D eigenvalue weighted by Gasteiger charge is -2.28. The minimum atomic E-state index is 0. The van der Waals surface area contributed by atoms with Gasteiger partial charge in [-0.2, -0.15) is 4.98 Å². The standard InChI is InChI=1S/C15H18N4O.ClH/c1-2-14(19-10-8-17-9-11-19)18-15(3-1)20-12-13-4-6-16-7-5-13;/h1-7,17H,8-12H2;1H. The van der Waals surface area contributed by atoms with Crippen LogP contribution in [0.2, 0.25) is 0 Å². The molecule has 112 valence electrons. The summed E-state index contributed by atoms with van der Waals surface area (Å²) < 4.78 is 5.74. The van der Waals surface area contributed by atoms with E-state index in [1.165, 1.54) is 0 Å². The zero-order valence-corrected chi connectivity index (χ0v) is 12.6. The highest BCUT2D eigenvalue weighted by Crippen LogP contribution is 2.17. The van der Waals surface area contributed by atoms with Gasteiger partial charge in [-0.1, -0.05) is 6.07 Å². The third-order valence-electron chi connectivity index (χ3n) is 3.29. The smallest absolute Gasteiger partial charge is 0.215 e. The SMILES string of the molecule is Cl.c1cc(OCc2ccncc2)nc(N2CCNCC2)c1. The molecule has 1 N–H and O–H groups in total. The molecule has 1 aliphatic heterocycles. The van der Waals surface area contributed by atoms with Crippen LogP contribution in [0.15, 0.2) is 42.7 Å². The minimum absolute atomic E-state index is 0. The molecule has 6 heteroatoms. The molecule has 0 unspecified atom stereocenters. The van der Waals surface area contributed by atoms with Gasteiger partial charge in [-0.15, -0.1) is 12.4 Å². The Morgan fingerprint density at radius 2 is 1.86 bits per heavy atom. The lowest BCUT2D eigenvalue weighted by molar-refractivity contribution is 0.294. The summed E-state index contributed by atoms with van der Waals surface area (Å²) in [4.78, 5) is 10.8. The van der Waals surface area contributed by atoms with Crippen molar-refractivity contribution in [3.05, 3.63) is 48.3 Å². The van der Waals surface area contributed by atoms with Crippen LogP contribution in [0.1, 0.15) is 5.56 Å². The molecule has 5 nitrogen and oxygen atoms in total. The quantitative estimate of drug-likeness (QED) is 0.935. The summed E-state index contributed by atoms with van der Waals surface area (Å²) in [5.74, 6) is 1.65. The van der Waals surface area contributed by atoms with E-state index in [1.54, 1.807) is 12.4 Å². The summed E-state index contributed by atoms with van der Waals surface area (Å²) in [7, 11) is 0. The molecule has 2 aromatic heterocycles. The molecule has 0 amide bonds. The Kier molecular flexibility index (Phi) is 5.78. The third kappa shape index (κ3) is 4.31. The summed E-state index contributed by atoms with van der Waals surface area (Å²) in [5.41, 5.74) is 1.09. The zero-order valence-electron chi connectivity index (χ0n) is 11.7. The molecule has 0 aromatic carbocycles. The summed E-state index contributed by atoms with van der Waals surface area (Å²) in [5, 5.41) is 3.34. The summed E-state index contributed by atoms with van der Waals surface area (Å²) in [6.45, 7) is 4.50. The maximum Gasteiger partial charge on any atom is 0.215 e. The van der Waals surface area contributed by atoms with Crippen LogP contribution >= 0.6 is 12.4 Å². The summed E-state index contributed by atoms with van der Waals surface area (Å²) >= 11 is 0. The molecule has 0 atom stereocenters. The van der Waals surface area contributed by atoms with Crippen molar-refractivity contribution in [1.29, 1.82) is 0 Å². The first-order valence-corrected chi connectivity index (χ1v) is 6.86. The topological polar surface area (TPSA) is 50.3 Å². The van der Waals surface area contributed by atoms with Crippen LogP contribution in [0, 0.1) is 0 Å². The van der Waals surface area contributed by atoms with Gasteiger partial charge in [0, 0.05) is 44.6 Å². The highest BCUT2D eigenvalue weighted by Gasteiger charge is 2.12. The van der Waals surface area contributed by atoms with Crippen molar-refractivity contribution >= 4 is 18.2 Å². The van der Waals surface area contributed by atoms with Gasteiger partial charge in [0.25, 0.3) is 0 Å². The molecule has 1 saturated heterocycles. The van der Waals surface area contributed by atoms with Gasteiger partial charge in [0.05, 0.1) is 0 Å². The second kappa shape index (κ2) is 7.81. The number of halogens is 1. The van der Waals surface area contributed by atoms with Crippen molar-refractivity contribution in [1.82, 2.24) is 15.3 Å². The Bertz CT molecular complexity index is 546. The molecule has 0 saturated carbocycles. The Labute approximate surface area is 130 Å². The van der Waals surface area contributed by atoms with Crippen molar-refractivity contribution in [2.45, 2.75) is 6.61 Å². The number of rotatable bonds is 4. The fourth-order valence-corrected chi connectivity index (χ4v) is 2.19. The molecular formula is C15H19ClN4O. The normalized spacial score (nSPS) is 14.4. The predicted octanol–water partition coefficient (Wildman–Crippen LogP) is 1.89. The Morgan fingerprint density at radius 3 is 2.62 bits per heavy atom. The van der Waals surface area contributed by atoms with E-state index in [9.17, 15) is 0 Å². The number of aromatic nitrogens is 2. The van der Waals surface area contributed by atoms with Crippen LogP contribution < -0.4 is 15.0 Å². The third-order valence-corrected chi connectivity index (χ3v) is 3.29. The largest absolute Gasteiger partial charge is 0.473 e. The second-order valence-electron chi connectivity index (χ2n) is 4.72. The van der Waals surface area contributed by atoms with Crippen LogP contribution in [0.4, 0.5) is 5.82 Å². The van der Waals surface area contributed by atoms with E-state index in [0.717, 1.165) is 37.6 Å². The molecule has 3 rings (SSSR count). The van der Waals surface area contributed by atoms with E-state index in [2.05, 4.69) is 20.2 Å². The number of nitrogens with one attached hydrogen (secondary N) is 1. The maximum absolute atomic E-state index is 5.74. The van der Waals surface area contributed by atoms with Gasteiger partial charge in [-0.05, 0) is 23.8 Å². The van der Waals surface area contributed by atoms with Gasteiger partial charge < -0.3 is 15.0 Å². The fraction of sp³-hybridized carbons (Fsp3) is 0.333. The average molecular weight is 307 g/mol. The van der Waals surface area contributed by atoms with Crippen molar-refractivity contribution in [3.8, 4) is 5.88 Å². The number of hydrogen-bond acceptors (Lipinski definition) is 5. The van der Waals surface area contributed by atoms with Crippen LogP contribution in [0.5, 0.6) is 5.88 Å². The number of hydrogen-bond donors (Lipinski definition) is 1. The molecule has 21 heavy (non-hydrogen) atoms. The first-order chi connectivity index (χ1) is 9.92. The van der Waals surface area contributed by atoms with Crippen molar-refractivity contribution in [3.63, 3.8) is 0 Å². The summed E-state index contributed by atoms with van der Waals surface area (Å²) in [6, 6.07) is 9.81. The zero-order chi connectivity index (χ0) is 13.6. The maximum atomic E-state index is 5.74. The minimum Gasteiger partial charge on any atom is -0.473 e. The van der Waals surface area contributed by atoms with Crippen LogP contribution in [-0.2, 0) is 6.61 Å². The van der Waals surface area contributed by atoms with Crippen molar-refractivity contribution < 1.29 is 4.74 Å². The number of anilines is 1. The lowest BCUT2D eigenvalue weighted by atomic mass is 10.3. The molecule has 0 radical (unpaired) electrons. The van der Waals surface area contributed by atoms with Gasteiger partial charge in [0.1, 0.15) is 12.4 Å². The number of ether oxygens (including phenoxy) is 1. The highest BCUT2D eigenvalue weighted by molar-refractivity contribution is 5.85. The number of nitrogens with zero attached hydrogens (tertiary/aromatic N) is 3. The summed E-state index contributed by atoms with van der Waals surface area (Å²) in [6.07, 6.45) is 3.53. The van der Waals surface area contributed by atoms with E-state index >= 15 is 0 Å².